The van der Waals surface area contributed by atoms with Crippen molar-refractivity contribution < 1.29 is 24.4 Å². The molecule has 0 amide bonds. The number of aliphatic hydroxyl groups excluding tert-OH is 1. The molecule has 0 saturated carbocycles. The van der Waals surface area contributed by atoms with E-state index < -0.39 is 6.10 Å². The summed E-state index contributed by atoms with van der Waals surface area (Å²) in [5.41, 5.74) is 1.01. The van der Waals surface area contributed by atoms with Crippen LogP contribution in [0.5, 0.6) is 23.0 Å². The molecule has 0 fully saturated rings. The maximum Gasteiger partial charge on any atom is 0.125 e. The number of benzene rings is 2. The van der Waals surface area contributed by atoms with Gasteiger partial charge < -0.3 is 29.3 Å². The Balaban J connectivity index is 1.81. The minimum Gasteiger partial charge on any atom is -0.508 e. The Morgan fingerprint density at radius 1 is 1.00 bits per heavy atom. The van der Waals surface area contributed by atoms with E-state index in [9.17, 15) is 10.2 Å². The van der Waals surface area contributed by atoms with E-state index in [1.54, 1.807) is 38.5 Å². The molecule has 0 aromatic heterocycles. The molecule has 0 aliphatic carbocycles. The van der Waals surface area contributed by atoms with Crippen molar-refractivity contribution in [2.45, 2.75) is 12.5 Å². The highest BCUT2D eigenvalue weighted by Crippen LogP contribution is 2.28. The zero-order valence-electron chi connectivity index (χ0n) is 15.5. The van der Waals surface area contributed by atoms with Gasteiger partial charge in [0, 0.05) is 18.7 Å². The summed E-state index contributed by atoms with van der Waals surface area (Å²) in [5, 5.41) is 19.4. The number of rotatable bonds is 10. The Morgan fingerprint density at radius 2 is 1.62 bits per heavy atom. The molecule has 26 heavy (non-hydrogen) atoms. The van der Waals surface area contributed by atoms with Crippen LogP contribution in [0.25, 0.3) is 0 Å². The zero-order valence-corrected chi connectivity index (χ0v) is 15.5. The summed E-state index contributed by atoms with van der Waals surface area (Å²) in [6.45, 7) is 1.41. The van der Waals surface area contributed by atoms with E-state index in [1.165, 1.54) is 0 Å². The van der Waals surface area contributed by atoms with Crippen molar-refractivity contribution in [1.29, 1.82) is 0 Å². The van der Waals surface area contributed by atoms with Gasteiger partial charge in [-0.05, 0) is 49.9 Å². The molecule has 0 radical (unpaired) electrons. The SMILES string of the molecule is COc1cccc(OC)c1CCN(C)CC(O)COc1ccc(O)cc1. The molecule has 2 aromatic rings. The van der Waals surface area contributed by atoms with Gasteiger partial charge in [0.1, 0.15) is 35.7 Å². The summed E-state index contributed by atoms with van der Waals surface area (Å²) < 4.78 is 16.4. The second-order valence-electron chi connectivity index (χ2n) is 6.11. The topological polar surface area (TPSA) is 71.4 Å². The first-order valence-corrected chi connectivity index (χ1v) is 8.51. The van der Waals surface area contributed by atoms with Gasteiger partial charge in [-0.15, -0.1) is 0 Å². The third-order valence-corrected chi connectivity index (χ3v) is 4.07. The van der Waals surface area contributed by atoms with Gasteiger partial charge in [-0.25, -0.2) is 0 Å². The van der Waals surface area contributed by atoms with E-state index in [0.717, 1.165) is 30.0 Å². The fourth-order valence-corrected chi connectivity index (χ4v) is 2.72. The van der Waals surface area contributed by atoms with Crippen molar-refractivity contribution >= 4 is 0 Å². The largest absolute Gasteiger partial charge is 0.508 e. The number of nitrogens with zero attached hydrogens (tertiary/aromatic N) is 1. The van der Waals surface area contributed by atoms with Crippen LogP contribution in [0.1, 0.15) is 5.56 Å². The molecule has 142 valence electrons. The van der Waals surface area contributed by atoms with Crippen molar-refractivity contribution in [3.8, 4) is 23.0 Å². The molecule has 6 heteroatoms. The predicted octanol–water partition coefficient (Wildman–Crippen LogP) is 2.32. The summed E-state index contributed by atoms with van der Waals surface area (Å²) in [6, 6.07) is 12.2. The minimum absolute atomic E-state index is 0.185. The summed E-state index contributed by atoms with van der Waals surface area (Å²) >= 11 is 0. The molecule has 1 unspecified atom stereocenters. The second-order valence-corrected chi connectivity index (χ2v) is 6.11. The van der Waals surface area contributed by atoms with Gasteiger partial charge in [0.05, 0.1) is 14.2 Å². The molecule has 2 aromatic carbocycles. The van der Waals surface area contributed by atoms with Crippen LogP contribution in [0.4, 0.5) is 0 Å². The van der Waals surface area contributed by atoms with Gasteiger partial charge in [0.2, 0.25) is 0 Å². The van der Waals surface area contributed by atoms with Crippen LogP contribution in [0.15, 0.2) is 42.5 Å². The average molecular weight is 361 g/mol. The number of hydrogen-bond acceptors (Lipinski definition) is 6. The van der Waals surface area contributed by atoms with Crippen molar-refractivity contribution in [3.63, 3.8) is 0 Å². The van der Waals surface area contributed by atoms with Crippen molar-refractivity contribution in [1.82, 2.24) is 4.90 Å². The molecular weight excluding hydrogens is 334 g/mol. The Kier molecular flexibility index (Phi) is 7.56. The zero-order chi connectivity index (χ0) is 18.9. The van der Waals surface area contributed by atoms with Crippen molar-refractivity contribution in [2.24, 2.45) is 0 Å². The Hall–Kier alpha value is -2.44. The number of aliphatic hydroxyl groups is 1. The van der Waals surface area contributed by atoms with E-state index >= 15 is 0 Å². The monoisotopic (exact) mass is 361 g/mol. The fraction of sp³-hybridized carbons (Fsp3) is 0.400. The number of phenols is 1. The minimum atomic E-state index is -0.617. The van der Waals surface area contributed by atoms with Crippen LogP contribution in [0.3, 0.4) is 0 Å². The van der Waals surface area contributed by atoms with Crippen LogP contribution in [0, 0.1) is 0 Å². The smallest absolute Gasteiger partial charge is 0.125 e. The molecule has 1 atom stereocenters. The molecule has 0 spiro atoms. The van der Waals surface area contributed by atoms with Crippen LogP contribution >= 0.6 is 0 Å². The summed E-state index contributed by atoms with van der Waals surface area (Å²) in [6.07, 6.45) is 0.128. The standard InChI is InChI=1S/C20H27NO5/c1-21(12-11-18-19(24-2)5-4-6-20(18)25-3)13-16(23)14-26-17-9-7-15(22)8-10-17/h4-10,16,22-23H,11-14H2,1-3H3. The van der Waals surface area contributed by atoms with Crippen LogP contribution < -0.4 is 14.2 Å². The third-order valence-electron chi connectivity index (χ3n) is 4.07. The number of aromatic hydroxyl groups is 1. The number of ether oxygens (including phenoxy) is 3. The lowest BCUT2D eigenvalue weighted by atomic mass is 10.1. The van der Waals surface area contributed by atoms with Crippen molar-refractivity contribution in [3.05, 3.63) is 48.0 Å². The summed E-state index contributed by atoms with van der Waals surface area (Å²) in [4.78, 5) is 2.04. The second kappa shape index (κ2) is 9.89. The van der Waals surface area contributed by atoms with Crippen LogP contribution in [-0.2, 0) is 6.42 Å². The summed E-state index contributed by atoms with van der Waals surface area (Å²) in [7, 11) is 5.24. The summed E-state index contributed by atoms with van der Waals surface area (Å²) in [5.74, 6) is 2.40. The van der Waals surface area contributed by atoms with Gasteiger partial charge in [-0.2, -0.15) is 0 Å². The average Bonchev–Trinajstić information content (AvgIpc) is 2.65. The number of phenolic OH excluding ortho intramolecular Hbond substituents is 1. The molecule has 0 saturated heterocycles. The lowest BCUT2D eigenvalue weighted by molar-refractivity contribution is 0.0766. The van der Waals surface area contributed by atoms with Crippen molar-refractivity contribution in [2.75, 3.05) is 41.0 Å². The highest BCUT2D eigenvalue weighted by Gasteiger charge is 2.13. The quantitative estimate of drug-likeness (QED) is 0.677. The Labute approximate surface area is 154 Å². The molecule has 2 rings (SSSR count). The molecule has 0 aliphatic heterocycles. The lowest BCUT2D eigenvalue weighted by Gasteiger charge is -2.22. The van der Waals surface area contributed by atoms with Gasteiger partial charge in [0.15, 0.2) is 0 Å². The first-order valence-electron chi connectivity index (χ1n) is 8.51. The number of methoxy groups -OCH3 is 2. The predicted molar refractivity (Wildman–Crippen MR) is 100 cm³/mol. The number of hydrogen-bond donors (Lipinski definition) is 2. The first kappa shape index (κ1) is 19.9. The van der Waals surface area contributed by atoms with Crippen LogP contribution in [0.2, 0.25) is 0 Å². The maximum absolute atomic E-state index is 10.2. The van der Waals surface area contributed by atoms with Gasteiger partial charge >= 0.3 is 0 Å². The Morgan fingerprint density at radius 3 is 2.19 bits per heavy atom. The normalized spacial score (nSPS) is 12.0. The molecule has 0 heterocycles. The van der Waals surface area contributed by atoms with E-state index in [0.29, 0.717) is 12.3 Å². The number of likely N-dealkylation sites (N-methyl/N-ethyl adjacent to an activating group) is 1. The molecular formula is C20H27NO5. The lowest BCUT2D eigenvalue weighted by Crippen LogP contribution is -2.34. The van der Waals surface area contributed by atoms with Crippen LogP contribution in [-0.4, -0.2) is 62.2 Å². The van der Waals surface area contributed by atoms with Gasteiger partial charge in [-0.3, -0.25) is 0 Å². The Bertz CT molecular complexity index is 652. The first-order chi connectivity index (χ1) is 12.5. The molecule has 0 bridgehead atoms. The maximum atomic E-state index is 10.2. The van der Waals surface area contributed by atoms with E-state index in [4.69, 9.17) is 14.2 Å². The highest BCUT2D eigenvalue weighted by atomic mass is 16.5. The molecule has 6 nitrogen and oxygen atoms in total. The van der Waals surface area contributed by atoms with E-state index in [2.05, 4.69) is 0 Å². The van der Waals surface area contributed by atoms with E-state index in [-0.39, 0.29) is 12.4 Å². The van der Waals surface area contributed by atoms with E-state index in [1.807, 2.05) is 30.1 Å². The molecule has 0 aliphatic rings. The fourth-order valence-electron chi connectivity index (χ4n) is 2.72. The third kappa shape index (κ3) is 5.82. The molecule has 2 N–H and O–H groups in total. The van der Waals surface area contributed by atoms with Gasteiger partial charge in [0.25, 0.3) is 0 Å². The highest BCUT2D eigenvalue weighted by molar-refractivity contribution is 5.45. The van der Waals surface area contributed by atoms with Gasteiger partial charge in [-0.1, -0.05) is 6.07 Å².